The van der Waals surface area contributed by atoms with Crippen LogP contribution >= 0.6 is 0 Å². The Bertz CT molecular complexity index is 3650. The maximum Gasteiger partial charge on any atom is 0.143 e. The molecule has 0 aliphatic carbocycles. The fraction of sp³-hybridized carbons (Fsp3) is 0. The molecule has 0 radical (unpaired) electrons. The number of rotatable bonds is 8. The number of nitrogens with zero attached hydrogens (tertiary/aromatic N) is 1. The van der Waals surface area contributed by atoms with Crippen molar-refractivity contribution >= 4 is 60.5 Å². The van der Waals surface area contributed by atoms with Crippen LogP contribution in [0.15, 0.2) is 253 Å². The largest absolute Gasteiger partial charge is 0.455 e. The Labute approximate surface area is 372 Å². The minimum absolute atomic E-state index is 0.903. The highest BCUT2D eigenvalue weighted by Gasteiger charge is 2.17. The Morgan fingerprint density at radius 2 is 0.734 bits per heavy atom. The third-order valence-electron chi connectivity index (χ3n) is 12.7. The Kier molecular flexibility index (Phi) is 9.20. The fourth-order valence-electron chi connectivity index (χ4n) is 9.41. The van der Waals surface area contributed by atoms with Crippen LogP contribution < -0.4 is 4.90 Å². The van der Waals surface area contributed by atoms with Crippen LogP contribution in [0.1, 0.15) is 0 Å². The van der Waals surface area contributed by atoms with Gasteiger partial charge in [0.2, 0.25) is 0 Å². The summed E-state index contributed by atoms with van der Waals surface area (Å²) in [5.74, 6) is 0. The molecule has 0 saturated heterocycles. The lowest BCUT2D eigenvalue weighted by Crippen LogP contribution is -2.10. The standard InChI is InChI=1S/C62H41NO/c1-2-13-48-40-52(30-29-42(48)11-1)50-16-7-15-49(39-50)43-25-27-44(28-26-43)51-17-8-18-55(41-51)63(53-35-31-46(32-36-53)57-21-9-14-45-12-3-4-19-56(45)57)54-37-33-47(34-38-54)58-22-10-23-60-59-20-5-6-24-61(59)64-62(58)60/h1-41H. The van der Waals surface area contributed by atoms with Crippen molar-refractivity contribution in [3.8, 4) is 55.6 Å². The minimum Gasteiger partial charge on any atom is -0.455 e. The summed E-state index contributed by atoms with van der Waals surface area (Å²) < 4.78 is 6.44. The van der Waals surface area contributed by atoms with Gasteiger partial charge in [-0.25, -0.2) is 0 Å². The topological polar surface area (TPSA) is 16.4 Å². The maximum absolute atomic E-state index is 6.44. The Morgan fingerprint density at radius 1 is 0.250 bits per heavy atom. The number of hydrogen-bond donors (Lipinski definition) is 0. The molecule has 0 fully saturated rings. The maximum atomic E-state index is 6.44. The second-order valence-electron chi connectivity index (χ2n) is 16.5. The van der Waals surface area contributed by atoms with Crippen LogP contribution in [-0.4, -0.2) is 0 Å². The van der Waals surface area contributed by atoms with Gasteiger partial charge >= 0.3 is 0 Å². The van der Waals surface area contributed by atoms with E-state index in [1.54, 1.807) is 0 Å². The van der Waals surface area contributed by atoms with E-state index in [4.69, 9.17) is 4.42 Å². The van der Waals surface area contributed by atoms with E-state index in [0.717, 1.165) is 61.3 Å². The SMILES string of the molecule is c1cc(-c2ccc(-c3cccc(N(c4ccc(-c5cccc6ccccc56)cc4)c4ccc(-c5cccc6c5oc5ccccc56)cc4)c3)cc2)cc(-c2ccc3ccccc3c2)c1. The third-order valence-corrected chi connectivity index (χ3v) is 12.7. The summed E-state index contributed by atoms with van der Waals surface area (Å²) in [6.07, 6.45) is 0. The van der Waals surface area contributed by atoms with Crippen LogP contribution in [0.4, 0.5) is 17.1 Å². The molecular weight excluding hydrogens is 775 g/mol. The zero-order chi connectivity index (χ0) is 42.4. The molecule has 0 aliphatic heterocycles. The fourth-order valence-corrected chi connectivity index (χ4v) is 9.41. The van der Waals surface area contributed by atoms with Gasteiger partial charge in [-0.2, -0.15) is 0 Å². The van der Waals surface area contributed by atoms with Gasteiger partial charge in [0.25, 0.3) is 0 Å². The van der Waals surface area contributed by atoms with Crippen molar-refractivity contribution in [2.24, 2.45) is 0 Å². The molecule has 0 atom stereocenters. The monoisotopic (exact) mass is 815 g/mol. The van der Waals surface area contributed by atoms with E-state index in [2.05, 4.69) is 241 Å². The van der Waals surface area contributed by atoms with Gasteiger partial charge in [0.15, 0.2) is 0 Å². The van der Waals surface area contributed by atoms with Gasteiger partial charge in [-0.05, 0) is 126 Å². The van der Waals surface area contributed by atoms with E-state index in [0.29, 0.717) is 0 Å². The quantitative estimate of drug-likeness (QED) is 0.152. The number of benzene rings is 11. The summed E-state index contributed by atoms with van der Waals surface area (Å²) in [5, 5.41) is 7.26. The normalized spacial score (nSPS) is 11.4. The summed E-state index contributed by atoms with van der Waals surface area (Å²) in [4.78, 5) is 2.36. The molecule has 12 rings (SSSR count). The lowest BCUT2D eigenvalue weighted by Gasteiger charge is -2.26. The minimum atomic E-state index is 0.903. The molecule has 11 aromatic carbocycles. The lowest BCUT2D eigenvalue weighted by molar-refractivity contribution is 0.670. The van der Waals surface area contributed by atoms with Crippen LogP contribution in [0.2, 0.25) is 0 Å². The van der Waals surface area contributed by atoms with Gasteiger partial charge in [-0.15, -0.1) is 0 Å². The molecule has 0 aliphatic rings. The van der Waals surface area contributed by atoms with Crippen LogP contribution in [0, 0.1) is 0 Å². The molecule has 2 nitrogen and oxygen atoms in total. The van der Waals surface area contributed by atoms with Crippen molar-refractivity contribution in [1.82, 2.24) is 0 Å². The van der Waals surface area contributed by atoms with E-state index >= 15 is 0 Å². The average Bonchev–Trinajstić information content (AvgIpc) is 3.76. The molecule has 0 saturated carbocycles. The van der Waals surface area contributed by atoms with Crippen LogP contribution in [0.5, 0.6) is 0 Å². The summed E-state index contributed by atoms with van der Waals surface area (Å²) in [7, 11) is 0. The second kappa shape index (κ2) is 15.8. The van der Waals surface area contributed by atoms with Crippen molar-refractivity contribution in [3.63, 3.8) is 0 Å². The molecular formula is C62H41NO. The van der Waals surface area contributed by atoms with Crippen molar-refractivity contribution in [3.05, 3.63) is 249 Å². The molecule has 0 amide bonds. The van der Waals surface area contributed by atoms with Crippen molar-refractivity contribution < 1.29 is 4.42 Å². The molecule has 0 N–H and O–H groups in total. The van der Waals surface area contributed by atoms with Gasteiger partial charge in [0.1, 0.15) is 11.2 Å². The number of furan rings is 1. The highest BCUT2D eigenvalue weighted by Crippen LogP contribution is 2.41. The highest BCUT2D eigenvalue weighted by molar-refractivity contribution is 6.09. The summed E-state index contributed by atoms with van der Waals surface area (Å²) >= 11 is 0. The molecule has 1 heterocycles. The zero-order valence-electron chi connectivity index (χ0n) is 35.0. The third kappa shape index (κ3) is 6.79. The number of hydrogen-bond acceptors (Lipinski definition) is 2. The van der Waals surface area contributed by atoms with E-state index in [9.17, 15) is 0 Å². The zero-order valence-corrected chi connectivity index (χ0v) is 35.0. The summed E-state index contributed by atoms with van der Waals surface area (Å²) in [6.45, 7) is 0. The smallest absolute Gasteiger partial charge is 0.143 e. The number of anilines is 3. The van der Waals surface area contributed by atoms with Gasteiger partial charge in [-0.1, -0.05) is 194 Å². The first kappa shape index (κ1) is 37.3. The first-order chi connectivity index (χ1) is 31.7. The molecule has 0 spiro atoms. The average molecular weight is 816 g/mol. The lowest BCUT2D eigenvalue weighted by atomic mass is 9.96. The van der Waals surface area contributed by atoms with Crippen molar-refractivity contribution in [1.29, 1.82) is 0 Å². The highest BCUT2D eigenvalue weighted by atomic mass is 16.3. The van der Waals surface area contributed by atoms with Crippen molar-refractivity contribution in [2.45, 2.75) is 0 Å². The van der Waals surface area contributed by atoms with Gasteiger partial charge in [0.05, 0.1) is 0 Å². The van der Waals surface area contributed by atoms with Crippen LogP contribution in [-0.2, 0) is 0 Å². The second-order valence-corrected chi connectivity index (χ2v) is 16.5. The first-order valence-corrected chi connectivity index (χ1v) is 21.9. The predicted octanol–water partition coefficient (Wildman–Crippen LogP) is 17.7. The molecule has 64 heavy (non-hydrogen) atoms. The van der Waals surface area contributed by atoms with Gasteiger partial charge < -0.3 is 9.32 Å². The van der Waals surface area contributed by atoms with Gasteiger partial charge in [-0.3, -0.25) is 0 Å². The van der Waals surface area contributed by atoms with Crippen molar-refractivity contribution in [2.75, 3.05) is 4.90 Å². The molecule has 300 valence electrons. The van der Waals surface area contributed by atoms with Gasteiger partial charge in [0, 0.05) is 33.4 Å². The molecule has 12 aromatic rings. The predicted molar refractivity (Wildman–Crippen MR) is 271 cm³/mol. The molecule has 0 bridgehead atoms. The molecule has 1 aromatic heterocycles. The molecule has 2 heteroatoms. The first-order valence-electron chi connectivity index (χ1n) is 21.9. The van der Waals surface area contributed by atoms with Crippen LogP contribution in [0.3, 0.4) is 0 Å². The van der Waals surface area contributed by atoms with Crippen LogP contribution in [0.25, 0.3) is 99.1 Å². The van der Waals surface area contributed by atoms with E-state index < -0.39 is 0 Å². The summed E-state index contributed by atoms with van der Waals surface area (Å²) in [5.41, 5.74) is 16.8. The number of fused-ring (bicyclic) bond motifs is 5. The summed E-state index contributed by atoms with van der Waals surface area (Å²) in [6, 6.07) is 89.7. The Hall–Kier alpha value is -8.46. The van der Waals surface area contributed by atoms with E-state index in [1.807, 2.05) is 12.1 Å². The van der Waals surface area contributed by atoms with E-state index in [-0.39, 0.29) is 0 Å². The molecule has 0 unspecified atom stereocenters. The van der Waals surface area contributed by atoms with E-state index in [1.165, 1.54) is 54.9 Å². The Balaban J connectivity index is 0.898. The Morgan fingerprint density at radius 3 is 1.48 bits per heavy atom. The number of para-hydroxylation sites is 2.